The molecule has 0 unspecified atom stereocenters. The smallest absolute Gasteiger partial charge is 0.109 e. The minimum Gasteiger partial charge on any atom is -0.371 e. The number of aryl methyl sites for hydroxylation is 2. The highest BCUT2D eigenvalue weighted by Gasteiger charge is 2.18. The van der Waals surface area contributed by atoms with Gasteiger partial charge in [-0.25, -0.2) is 4.98 Å². The standard InChI is InChI=1S/C26H39N3/c1-5-9-17-28(18-10-6-2)23-20-24-26(22-16-13-12-15-21(22)23)27-25(14-8-4)29(24)19-11-7-3/h12-13,15-16,20H,5-11,14,17-19H2,1-4H3. The zero-order chi connectivity index (χ0) is 20.6. The van der Waals surface area contributed by atoms with E-state index in [-0.39, 0.29) is 0 Å². The van der Waals surface area contributed by atoms with Crippen LogP contribution in [-0.2, 0) is 13.0 Å². The van der Waals surface area contributed by atoms with E-state index in [1.807, 2.05) is 0 Å². The summed E-state index contributed by atoms with van der Waals surface area (Å²) in [6, 6.07) is 11.4. The second-order valence-corrected chi connectivity index (χ2v) is 8.29. The van der Waals surface area contributed by atoms with Crippen molar-refractivity contribution in [3.63, 3.8) is 0 Å². The topological polar surface area (TPSA) is 21.1 Å². The molecule has 158 valence electrons. The fourth-order valence-corrected chi connectivity index (χ4v) is 4.27. The molecule has 0 bridgehead atoms. The number of hydrogen-bond acceptors (Lipinski definition) is 2. The molecule has 0 radical (unpaired) electrons. The number of hydrogen-bond donors (Lipinski definition) is 0. The van der Waals surface area contributed by atoms with Crippen LogP contribution in [0.4, 0.5) is 5.69 Å². The third-order valence-corrected chi connectivity index (χ3v) is 5.93. The Kier molecular flexibility index (Phi) is 7.97. The molecule has 0 aliphatic heterocycles. The average molecular weight is 394 g/mol. The Morgan fingerprint density at radius 2 is 1.48 bits per heavy atom. The molecule has 1 aromatic heterocycles. The molecule has 2 aromatic carbocycles. The van der Waals surface area contributed by atoms with E-state index in [0.29, 0.717) is 0 Å². The van der Waals surface area contributed by atoms with Crippen molar-refractivity contribution in [3.05, 3.63) is 36.2 Å². The van der Waals surface area contributed by atoms with Gasteiger partial charge in [-0.05, 0) is 31.7 Å². The molecule has 0 saturated heterocycles. The number of anilines is 1. The molecule has 0 fully saturated rings. The summed E-state index contributed by atoms with van der Waals surface area (Å²) < 4.78 is 2.51. The van der Waals surface area contributed by atoms with Crippen LogP contribution < -0.4 is 4.90 Å². The first-order valence-electron chi connectivity index (χ1n) is 11.9. The van der Waals surface area contributed by atoms with Gasteiger partial charge in [0.25, 0.3) is 0 Å². The van der Waals surface area contributed by atoms with Crippen LogP contribution in [0.5, 0.6) is 0 Å². The van der Waals surface area contributed by atoms with E-state index in [4.69, 9.17) is 4.98 Å². The molecule has 0 aliphatic carbocycles. The second kappa shape index (κ2) is 10.7. The zero-order valence-electron chi connectivity index (χ0n) is 19.0. The van der Waals surface area contributed by atoms with E-state index in [9.17, 15) is 0 Å². The van der Waals surface area contributed by atoms with Crippen LogP contribution >= 0.6 is 0 Å². The van der Waals surface area contributed by atoms with Gasteiger partial charge in [0.05, 0.1) is 11.0 Å². The first-order chi connectivity index (χ1) is 14.2. The maximum atomic E-state index is 5.15. The van der Waals surface area contributed by atoms with Crippen LogP contribution in [0.2, 0.25) is 0 Å². The molecule has 3 aromatic rings. The monoisotopic (exact) mass is 393 g/mol. The zero-order valence-corrected chi connectivity index (χ0v) is 19.0. The van der Waals surface area contributed by atoms with Crippen molar-refractivity contribution in [1.82, 2.24) is 9.55 Å². The summed E-state index contributed by atoms with van der Waals surface area (Å²) >= 11 is 0. The number of imidazole rings is 1. The van der Waals surface area contributed by atoms with E-state index in [2.05, 4.69) is 67.5 Å². The third kappa shape index (κ3) is 4.76. The molecule has 0 N–H and O–H groups in total. The van der Waals surface area contributed by atoms with Crippen molar-refractivity contribution >= 4 is 27.5 Å². The molecule has 0 atom stereocenters. The Morgan fingerprint density at radius 3 is 2.10 bits per heavy atom. The van der Waals surface area contributed by atoms with Crippen LogP contribution in [0.15, 0.2) is 30.3 Å². The number of rotatable bonds is 12. The molecule has 1 heterocycles. The Morgan fingerprint density at radius 1 is 0.828 bits per heavy atom. The van der Waals surface area contributed by atoms with Gasteiger partial charge in [0, 0.05) is 42.5 Å². The Labute approximate surface area is 177 Å². The minimum atomic E-state index is 1.05. The molecular formula is C26H39N3. The third-order valence-electron chi connectivity index (χ3n) is 5.93. The fraction of sp³-hybridized carbons (Fsp3) is 0.577. The molecule has 29 heavy (non-hydrogen) atoms. The Balaban J connectivity index is 2.21. The van der Waals surface area contributed by atoms with E-state index < -0.39 is 0 Å². The fourth-order valence-electron chi connectivity index (χ4n) is 4.27. The summed E-state index contributed by atoms with van der Waals surface area (Å²) in [6.07, 6.45) is 9.57. The number of nitrogens with zero attached hydrogens (tertiary/aromatic N) is 3. The summed E-state index contributed by atoms with van der Waals surface area (Å²) in [7, 11) is 0. The summed E-state index contributed by atoms with van der Waals surface area (Å²) in [4.78, 5) is 7.78. The lowest BCUT2D eigenvalue weighted by molar-refractivity contribution is 0.611. The van der Waals surface area contributed by atoms with Gasteiger partial charge < -0.3 is 9.47 Å². The van der Waals surface area contributed by atoms with Gasteiger partial charge in [-0.2, -0.15) is 0 Å². The van der Waals surface area contributed by atoms with E-state index >= 15 is 0 Å². The van der Waals surface area contributed by atoms with Crippen molar-refractivity contribution in [2.45, 2.75) is 85.6 Å². The van der Waals surface area contributed by atoms with Crippen LogP contribution in [-0.4, -0.2) is 22.6 Å². The normalized spacial score (nSPS) is 11.6. The number of unbranched alkanes of at least 4 members (excludes halogenated alkanes) is 3. The average Bonchev–Trinajstić information content (AvgIpc) is 3.09. The maximum absolute atomic E-state index is 5.15. The van der Waals surface area contributed by atoms with Crippen molar-refractivity contribution in [2.24, 2.45) is 0 Å². The lowest BCUT2D eigenvalue weighted by Crippen LogP contribution is -2.25. The van der Waals surface area contributed by atoms with E-state index in [1.54, 1.807) is 0 Å². The number of fused-ring (bicyclic) bond motifs is 3. The van der Waals surface area contributed by atoms with Crippen LogP contribution in [0, 0.1) is 0 Å². The highest BCUT2D eigenvalue weighted by molar-refractivity contribution is 6.10. The van der Waals surface area contributed by atoms with Crippen LogP contribution in [0.3, 0.4) is 0 Å². The van der Waals surface area contributed by atoms with Gasteiger partial charge >= 0.3 is 0 Å². The summed E-state index contributed by atoms with van der Waals surface area (Å²) in [6.45, 7) is 12.4. The van der Waals surface area contributed by atoms with Crippen molar-refractivity contribution < 1.29 is 0 Å². The number of aromatic nitrogens is 2. The first kappa shape index (κ1) is 21.7. The molecule has 0 amide bonds. The van der Waals surface area contributed by atoms with Crippen molar-refractivity contribution in [1.29, 1.82) is 0 Å². The maximum Gasteiger partial charge on any atom is 0.109 e. The summed E-state index contributed by atoms with van der Waals surface area (Å²) in [5, 5.41) is 2.67. The summed E-state index contributed by atoms with van der Waals surface area (Å²) in [5.41, 5.74) is 3.92. The second-order valence-electron chi connectivity index (χ2n) is 8.29. The predicted molar refractivity (Wildman–Crippen MR) is 128 cm³/mol. The molecule has 3 heteroatoms. The van der Waals surface area contributed by atoms with Gasteiger partial charge in [0.15, 0.2) is 0 Å². The Hall–Kier alpha value is -2.03. The minimum absolute atomic E-state index is 1.05. The largest absolute Gasteiger partial charge is 0.371 e. The lowest BCUT2D eigenvalue weighted by atomic mass is 10.0. The van der Waals surface area contributed by atoms with E-state index in [0.717, 1.165) is 32.5 Å². The van der Waals surface area contributed by atoms with Crippen LogP contribution in [0.25, 0.3) is 21.8 Å². The first-order valence-corrected chi connectivity index (χ1v) is 11.9. The van der Waals surface area contributed by atoms with Crippen molar-refractivity contribution in [2.75, 3.05) is 18.0 Å². The van der Waals surface area contributed by atoms with Gasteiger partial charge in [0.1, 0.15) is 5.82 Å². The SMILES string of the molecule is CCCCN(CCCC)c1cc2c(nc(CCC)n2CCCC)c2ccccc12. The highest BCUT2D eigenvalue weighted by atomic mass is 15.1. The molecule has 0 saturated carbocycles. The lowest BCUT2D eigenvalue weighted by Gasteiger charge is -2.26. The quantitative estimate of drug-likeness (QED) is 0.321. The van der Waals surface area contributed by atoms with Gasteiger partial charge in [-0.15, -0.1) is 0 Å². The predicted octanol–water partition coefficient (Wildman–Crippen LogP) is 7.35. The highest BCUT2D eigenvalue weighted by Crippen LogP contribution is 2.35. The summed E-state index contributed by atoms with van der Waals surface area (Å²) in [5.74, 6) is 1.26. The van der Waals surface area contributed by atoms with E-state index in [1.165, 1.54) is 71.8 Å². The molecule has 3 nitrogen and oxygen atoms in total. The van der Waals surface area contributed by atoms with Crippen LogP contribution in [0.1, 0.15) is 78.5 Å². The molecular weight excluding hydrogens is 354 g/mol. The van der Waals surface area contributed by atoms with Gasteiger partial charge in [-0.3, -0.25) is 0 Å². The Bertz CT molecular complexity index is 901. The van der Waals surface area contributed by atoms with Gasteiger partial charge in [0.2, 0.25) is 0 Å². The molecule has 0 spiro atoms. The molecule has 3 rings (SSSR count). The van der Waals surface area contributed by atoms with Gasteiger partial charge in [-0.1, -0.05) is 71.2 Å². The molecule has 0 aliphatic rings. The number of benzene rings is 2. The van der Waals surface area contributed by atoms with Crippen molar-refractivity contribution in [3.8, 4) is 0 Å².